The maximum absolute atomic E-state index is 12.5. The quantitative estimate of drug-likeness (QED) is 0.755. The van der Waals surface area contributed by atoms with Crippen molar-refractivity contribution in [2.45, 2.75) is 17.7 Å². The van der Waals surface area contributed by atoms with Crippen LogP contribution in [-0.2, 0) is 10.0 Å². The van der Waals surface area contributed by atoms with Crippen molar-refractivity contribution in [3.8, 4) is 6.07 Å². The van der Waals surface area contributed by atoms with Gasteiger partial charge in [0.05, 0.1) is 16.5 Å². The molecule has 0 atom stereocenters. The number of nitriles is 1. The number of amides is 2. The van der Waals surface area contributed by atoms with Crippen molar-refractivity contribution in [3.05, 3.63) is 65.2 Å². The highest BCUT2D eigenvalue weighted by molar-refractivity contribution is 7.89. The van der Waals surface area contributed by atoms with Crippen LogP contribution in [-0.4, -0.2) is 37.6 Å². The zero-order valence-corrected chi connectivity index (χ0v) is 15.7. The van der Waals surface area contributed by atoms with Crippen LogP contribution in [0.15, 0.2) is 53.4 Å². The molecule has 0 aliphatic carbocycles. The summed E-state index contributed by atoms with van der Waals surface area (Å²) < 4.78 is 26.4. The lowest BCUT2D eigenvalue weighted by atomic mass is 10.1. The van der Waals surface area contributed by atoms with E-state index in [2.05, 4.69) is 10.9 Å². The molecule has 1 aliphatic heterocycles. The molecule has 2 aromatic carbocycles. The average Bonchev–Trinajstić information content (AvgIpc) is 3.27. The molecule has 0 saturated carbocycles. The number of benzene rings is 2. The number of nitrogens with one attached hydrogen (secondary N) is 2. The number of carbonyl (C=O) groups is 2. The van der Waals surface area contributed by atoms with E-state index in [0.29, 0.717) is 18.7 Å². The van der Waals surface area contributed by atoms with Crippen molar-refractivity contribution < 1.29 is 18.0 Å². The molecule has 0 spiro atoms. The van der Waals surface area contributed by atoms with Crippen molar-refractivity contribution in [1.82, 2.24) is 15.2 Å². The fourth-order valence-electron chi connectivity index (χ4n) is 2.84. The summed E-state index contributed by atoms with van der Waals surface area (Å²) in [7, 11) is -3.54. The maximum Gasteiger partial charge on any atom is 0.269 e. The van der Waals surface area contributed by atoms with Crippen LogP contribution in [0.25, 0.3) is 0 Å². The van der Waals surface area contributed by atoms with Crippen molar-refractivity contribution >= 4 is 21.8 Å². The highest BCUT2D eigenvalue weighted by Gasteiger charge is 2.27. The molecule has 0 unspecified atom stereocenters. The van der Waals surface area contributed by atoms with Gasteiger partial charge in [0.15, 0.2) is 0 Å². The minimum absolute atomic E-state index is 0.128. The van der Waals surface area contributed by atoms with Gasteiger partial charge in [-0.3, -0.25) is 20.4 Å². The van der Waals surface area contributed by atoms with Crippen LogP contribution < -0.4 is 10.9 Å². The van der Waals surface area contributed by atoms with E-state index in [1.807, 2.05) is 6.07 Å². The van der Waals surface area contributed by atoms with Gasteiger partial charge in [-0.05, 0) is 55.3 Å². The van der Waals surface area contributed by atoms with E-state index in [-0.39, 0.29) is 16.0 Å². The lowest BCUT2D eigenvalue weighted by Crippen LogP contribution is -2.41. The van der Waals surface area contributed by atoms with Gasteiger partial charge in [-0.25, -0.2) is 8.42 Å². The van der Waals surface area contributed by atoms with E-state index >= 15 is 0 Å². The minimum atomic E-state index is -3.54. The van der Waals surface area contributed by atoms with Gasteiger partial charge in [-0.2, -0.15) is 9.57 Å². The number of carbonyl (C=O) groups excluding carboxylic acids is 2. The van der Waals surface area contributed by atoms with Crippen molar-refractivity contribution in [2.24, 2.45) is 0 Å². The Labute approximate surface area is 162 Å². The van der Waals surface area contributed by atoms with E-state index < -0.39 is 21.8 Å². The Balaban J connectivity index is 1.63. The topological polar surface area (TPSA) is 119 Å². The van der Waals surface area contributed by atoms with Crippen LogP contribution in [0, 0.1) is 11.3 Å². The van der Waals surface area contributed by atoms with Gasteiger partial charge >= 0.3 is 0 Å². The first kappa shape index (κ1) is 19.5. The molecule has 2 aromatic rings. The highest BCUT2D eigenvalue weighted by Crippen LogP contribution is 2.21. The van der Waals surface area contributed by atoms with Gasteiger partial charge in [0.2, 0.25) is 10.0 Å². The summed E-state index contributed by atoms with van der Waals surface area (Å²) in [5.74, 6) is -1.16. The van der Waals surface area contributed by atoms with E-state index in [1.165, 1.54) is 40.7 Å². The second-order valence-corrected chi connectivity index (χ2v) is 8.17. The molecular weight excluding hydrogens is 380 g/mol. The van der Waals surface area contributed by atoms with Crippen molar-refractivity contribution in [3.63, 3.8) is 0 Å². The number of rotatable bonds is 4. The van der Waals surface area contributed by atoms with Gasteiger partial charge in [-0.15, -0.1) is 0 Å². The van der Waals surface area contributed by atoms with Crippen LogP contribution in [0.1, 0.15) is 39.1 Å². The lowest BCUT2D eigenvalue weighted by molar-refractivity contribution is 0.0846. The predicted octanol–water partition coefficient (Wildman–Crippen LogP) is 1.42. The molecule has 8 nitrogen and oxygen atoms in total. The molecule has 1 aliphatic rings. The Bertz CT molecular complexity index is 1040. The number of nitrogens with zero attached hydrogens (tertiary/aromatic N) is 2. The first-order chi connectivity index (χ1) is 13.4. The lowest BCUT2D eigenvalue weighted by Gasteiger charge is -2.15. The zero-order chi connectivity index (χ0) is 20.1. The van der Waals surface area contributed by atoms with E-state index in [9.17, 15) is 18.0 Å². The van der Waals surface area contributed by atoms with E-state index in [1.54, 1.807) is 12.1 Å². The Morgan fingerprint density at radius 3 is 2.14 bits per heavy atom. The monoisotopic (exact) mass is 398 g/mol. The molecule has 2 N–H and O–H groups in total. The average molecular weight is 398 g/mol. The summed E-state index contributed by atoms with van der Waals surface area (Å²) in [5.41, 5.74) is 5.29. The fraction of sp³-hybridized carbons (Fsp3) is 0.211. The molecule has 0 aromatic heterocycles. The Morgan fingerprint density at radius 1 is 0.929 bits per heavy atom. The van der Waals surface area contributed by atoms with Crippen molar-refractivity contribution in [2.75, 3.05) is 13.1 Å². The van der Waals surface area contributed by atoms with Gasteiger partial charge in [0.25, 0.3) is 11.8 Å². The van der Waals surface area contributed by atoms with Gasteiger partial charge in [0, 0.05) is 24.2 Å². The predicted molar refractivity (Wildman–Crippen MR) is 101 cm³/mol. The first-order valence-electron chi connectivity index (χ1n) is 8.63. The SMILES string of the molecule is N#Cc1cccc(C(=O)NNC(=O)c2ccc(S(=O)(=O)N3CCCC3)cc2)c1. The second-order valence-electron chi connectivity index (χ2n) is 6.24. The van der Waals surface area contributed by atoms with Crippen LogP contribution >= 0.6 is 0 Å². The van der Waals surface area contributed by atoms with Crippen LogP contribution in [0.4, 0.5) is 0 Å². The molecule has 3 rings (SSSR count). The second kappa shape index (κ2) is 8.21. The standard InChI is InChI=1S/C19H18N4O4S/c20-13-14-4-3-5-16(12-14)19(25)22-21-18(24)15-6-8-17(9-7-15)28(26,27)23-10-1-2-11-23/h3-9,12H,1-2,10-11H2,(H,21,24)(H,22,25). The largest absolute Gasteiger partial charge is 0.269 e. The number of sulfonamides is 1. The van der Waals surface area contributed by atoms with Crippen LogP contribution in [0.5, 0.6) is 0 Å². The molecule has 0 radical (unpaired) electrons. The van der Waals surface area contributed by atoms with Crippen LogP contribution in [0.3, 0.4) is 0 Å². The molecule has 1 saturated heterocycles. The molecule has 144 valence electrons. The molecule has 0 bridgehead atoms. The minimum Gasteiger partial charge on any atom is -0.267 e. The summed E-state index contributed by atoms with van der Waals surface area (Å²) >= 11 is 0. The third-order valence-corrected chi connectivity index (χ3v) is 6.28. The highest BCUT2D eigenvalue weighted by atomic mass is 32.2. The molecule has 1 heterocycles. The zero-order valence-electron chi connectivity index (χ0n) is 14.9. The third kappa shape index (κ3) is 4.19. The van der Waals surface area contributed by atoms with Crippen LogP contribution in [0.2, 0.25) is 0 Å². The summed E-state index contributed by atoms with van der Waals surface area (Å²) in [6.07, 6.45) is 1.69. The Morgan fingerprint density at radius 2 is 1.54 bits per heavy atom. The third-order valence-electron chi connectivity index (χ3n) is 4.36. The number of hydrazine groups is 1. The molecule has 28 heavy (non-hydrogen) atoms. The van der Waals surface area contributed by atoms with E-state index in [4.69, 9.17) is 5.26 Å². The summed E-state index contributed by atoms with van der Waals surface area (Å²) in [4.78, 5) is 24.4. The molecule has 2 amide bonds. The van der Waals surface area contributed by atoms with Crippen molar-refractivity contribution in [1.29, 1.82) is 5.26 Å². The smallest absolute Gasteiger partial charge is 0.267 e. The fourth-order valence-corrected chi connectivity index (χ4v) is 4.36. The number of hydrogen-bond acceptors (Lipinski definition) is 5. The van der Waals surface area contributed by atoms with Gasteiger partial charge in [0.1, 0.15) is 0 Å². The first-order valence-corrected chi connectivity index (χ1v) is 10.1. The summed E-state index contributed by atoms with van der Waals surface area (Å²) in [5, 5.41) is 8.86. The molecule has 9 heteroatoms. The Hall–Kier alpha value is -3.22. The summed E-state index contributed by atoms with van der Waals surface area (Å²) in [6.45, 7) is 1.01. The van der Waals surface area contributed by atoms with Gasteiger partial charge in [-0.1, -0.05) is 6.07 Å². The maximum atomic E-state index is 12.5. The van der Waals surface area contributed by atoms with Gasteiger partial charge < -0.3 is 0 Å². The Kier molecular flexibility index (Phi) is 5.73. The molecular formula is C19H18N4O4S. The summed E-state index contributed by atoms with van der Waals surface area (Å²) in [6, 6.07) is 13.5. The number of hydrogen-bond donors (Lipinski definition) is 2. The normalized spacial score (nSPS) is 14.2. The molecule has 1 fully saturated rings. The van der Waals surface area contributed by atoms with E-state index in [0.717, 1.165) is 12.8 Å².